The summed E-state index contributed by atoms with van der Waals surface area (Å²) in [6.45, 7) is 6.62. The lowest BCUT2D eigenvalue weighted by atomic mass is 9.87. The normalized spacial score (nSPS) is 11.0. The number of hydrogen-bond acceptors (Lipinski definition) is 4. The number of nitrogens with one attached hydrogen (secondary N) is 2. The fourth-order valence-corrected chi connectivity index (χ4v) is 3.27. The Morgan fingerprint density at radius 2 is 1.66 bits per heavy atom. The minimum Gasteiger partial charge on any atom is -0.370 e. The van der Waals surface area contributed by atoms with Gasteiger partial charge >= 0.3 is 0 Å². The Bertz CT molecular complexity index is 874. The summed E-state index contributed by atoms with van der Waals surface area (Å²) in [5.74, 6) is -0.828. The van der Waals surface area contributed by atoms with Crippen LogP contribution in [-0.2, 0) is 15.0 Å². The van der Waals surface area contributed by atoms with Crippen LogP contribution in [0, 0.1) is 0 Å². The lowest BCUT2D eigenvalue weighted by Gasteiger charge is -2.19. The van der Waals surface area contributed by atoms with E-state index in [1.54, 1.807) is 24.3 Å². The third-order valence-corrected chi connectivity index (χ3v) is 5.21. The van der Waals surface area contributed by atoms with Crippen molar-refractivity contribution in [3.63, 3.8) is 0 Å². The number of carbonyl (C=O) groups is 3. The van der Waals surface area contributed by atoms with Gasteiger partial charge in [0.05, 0.1) is 17.0 Å². The molecule has 0 aromatic heterocycles. The molecular weight excluding hydrogens is 386 g/mol. The van der Waals surface area contributed by atoms with Crippen LogP contribution in [-0.4, -0.2) is 30.0 Å². The number of rotatable bonds is 8. The lowest BCUT2D eigenvalue weighted by molar-refractivity contribution is -0.118. The van der Waals surface area contributed by atoms with Gasteiger partial charge in [-0.3, -0.25) is 14.4 Å². The molecule has 0 spiro atoms. The molecule has 0 aliphatic rings. The van der Waals surface area contributed by atoms with Gasteiger partial charge in [0.1, 0.15) is 0 Å². The maximum absolute atomic E-state index is 12.4. The fraction of sp³-hybridized carbons (Fsp3) is 0.318. The van der Waals surface area contributed by atoms with Crippen LogP contribution in [0.25, 0.3) is 0 Å². The zero-order chi connectivity index (χ0) is 21.4. The molecule has 7 heteroatoms. The number of primary amides is 1. The van der Waals surface area contributed by atoms with Crippen molar-refractivity contribution in [2.45, 2.75) is 37.5 Å². The smallest absolute Gasteiger partial charge is 0.253 e. The maximum atomic E-state index is 12.4. The molecule has 0 radical (unpaired) electrons. The minimum absolute atomic E-state index is 0.0604. The second-order valence-corrected chi connectivity index (χ2v) is 8.68. The zero-order valence-corrected chi connectivity index (χ0v) is 17.8. The Balaban J connectivity index is 1.93. The van der Waals surface area contributed by atoms with Crippen molar-refractivity contribution in [1.29, 1.82) is 0 Å². The first-order valence-corrected chi connectivity index (χ1v) is 10.3. The molecule has 2 aromatic rings. The summed E-state index contributed by atoms with van der Waals surface area (Å²) in [5.41, 5.74) is 7.16. The summed E-state index contributed by atoms with van der Waals surface area (Å²) < 4.78 is 0. The lowest BCUT2D eigenvalue weighted by Crippen LogP contribution is -2.29. The van der Waals surface area contributed by atoms with E-state index in [1.165, 1.54) is 17.3 Å². The molecular formula is C22H27N3O3S. The average Bonchev–Trinajstić information content (AvgIpc) is 2.66. The van der Waals surface area contributed by atoms with Crippen molar-refractivity contribution in [2.75, 3.05) is 17.6 Å². The third-order valence-electron chi connectivity index (χ3n) is 4.19. The SMILES string of the molecule is CC(C)(C)c1ccc(SCC(=O)Nc2ccccc2C(=O)NCCC(N)=O)cc1. The van der Waals surface area contributed by atoms with Gasteiger partial charge < -0.3 is 16.4 Å². The van der Waals surface area contributed by atoms with E-state index in [4.69, 9.17) is 5.73 Å². The highest BCUT2D eigenvalue weighted by molar-refractivity contribution is 8.00. The molecule has 3 amide bonds. The van der Waals surface area contributed by atoms with Crippen LogP contribution in [0.1, 0.15) is 43.1 Å². The van der Waals surface area contributed by atoms with Crippen molar-refractivity contribution in [1.82, 2.24) is 5.32 Å². The predicted molar refractivity (Wildman–Crippen MR) is 117 cm³/mol. The predicted octanol–water partition coefficient (Wildman–Crippen LogP) is 3.32. The molecule has 0 saturated carbocycles. The van der Waals surface area contributed by atoms with E-state index in [1.807, 2.05) is 12.1 Å². The highest BCUT2D eigenvalue weighted by Crippen LogP contribution is 2.26. The molecule has 0 unspecified atom stereocenters. The van der Waals surface area contributed by atoms with Crippen molar-refractivity contribution in [2.24, 2.45) is 5.73 Å². The number of thioether (sulfide) groups is 1. The number of benzene rings is 2. The third kappa shape index (κ3) is 7.27. The standard InChI is InChI=1S/C22H27N3O3S/c1-22(2,3)15-8-10-16(11-9-15)29-14-20(27)25-18-7-5-4-6-17(18)21(28)24-13-12-19(23)26/h4-11H,12-14H2,1-3H3,(H2,23,26)(H,24,28)(H,25,27). The Hall–Kier alpha value is -2.80. The molecule has 6 nitrogen and oxygen atoms in total. The van der Waals surface area contributed by atoms with Gasteiger partial charge in [0.15, 0.2) is 0 Å². The molecule has 0 heterocycles. The van der Waals surface area contributed by atoms with E-state index < -0.39 is 5.91 Å². The van der Waals surface area contributed by atoms with E-state index in [0.29, 0.717) is 11.3 Å². The van der Waals surface area contributed by atoms with Gasteiger partial charge in [-0.05, 0) is 35.2 Å². The summed E-state index contributed by atoms with van der Waals surface area (Å²) in [6.07, 6.45) is 0.0604. The summed E-state index contributed by atoms with van der Waals surface area (Å²) in [7, 11) is 0. The summed E-state index contributed by atoms with van der Waals surface area (Å²) in [4.78, 5) is 36.5. The zero-order valence-electron chi connectivity index (χ0n) is 17.0. The van der Waals surface area contributed by atoms with Gasteiger partial charge in [0.25, 0.3) is 5.91 Å². The molecule has 0 aliphatic heterocycles. The van der Waals surface area contributed by atoms with Crippen LogP contribution in [0.2, 0.25) is 0 Å². The van der Waals surface area contributed by atoms with Crippen LogP contribution in [0.4, 0.5) is 5.69 Å². The Morgan fingerprint density at radius 1 is 1.00 bits per heavy atom. The van der Waals surface area contributed by atoms with E-state index in [-0.39, 0.29) is 35.9 Å². The van der Waals surface area contributed by atoms with Gasteiger partial charge in [-0.1, -0.05) is 45.0 Å². The number of carbonyl (C=O) groups excluding carboxylic acids is 3. The summed E-state index contributed by atoms with van der Waals surface area (Å²) in [5, 5.41) is 5.41. The summed E-state index contributed by atoms with van der Waals surface area (Å²) in [6, 6.07) is 14.9. The molecule has 2 rings (SSSR count). The van der Waals surface area contributed by atoms with Crippen LogP contribution >= 0.6 is 11.8 Å². The molecule has 0 saturated heterocycles. The molecule has 0 bridgehead atoms. The first-order valence-electron chi connectivity index (χ1n) is 9.35. The quantitative estimate of drug-likeness (QED) is 0.578. The van der Waals surface area contributed by atoms with Gasteiger partial charge in [0, 0.05) is 17.9 Å². The van der Waals surface area contributed by atoms with Crippen molar-refractivity contribution in [3.05, 3.63) is 59.7 Å². The van der Waals surface area contributed by atoms with E-state index in [9.17, 15) is 14.4 Å². The van der Waals surface area contributed by atoms with E-state index >= 15 is 0 Å². The van der Waals surface area contributed by atoms with Crippen LogP contribution in [0.15, 0.2) is 53.4 Å². The molecule has 0 fully saturated rings. The molecule has 29 heavy (non-hydrogen) atoms. The van der Waals surface area contributed by atoms with E-state index in [0.717, 1.165) is 4.90 Å². The molecule has 154 valence electrons. The number of amides is 3. The monoisotopic (exact) mass is 413 g/mol. The van der Waals surface area contributed by atoms with Crippen LogP contribution in [0.3, 0.4) is 0 Å². The average molecular weight is 414 g/mol. The topological polar surface area (TPSA) is 101 Å². The number of hydrogen-bond donors (Lipinski definition) is 3. The Morgan fingerprint density at radius 3 is 2.28 bits per heavy atom. The van der Waals surface area contributed by atoms with E-state index in [2.05, 4.69) is 43.5 Å². The van der Waals surface area contributed by atoms with Crippen molar-refractivity contribution in [3.8, 4) is 0 Å². The first kappa shape index (κ1) is 22.5. The number of anilines is 1. The number of para-hydroxylation sites is 1. The van der Waals surface area contributed by atoms with Crippen LogP contribution in [0.5, 0.6) is 0 Å². The molecule has 4 N–H and O–H groups in total. The first-order chi connectivity index (χ1) is 13.7. The van der Waals surface area contributed by atoms with Crippen LogP contribution < -0.4 is 16.4 Å². The molecule has 0 atom stereocenters. The molecule has 0 aliphatic carbocycles. The second-order valence-electron chi connectivity index (χ2n) is 7.63. The summed E-state index contributed by atoms with van der Waals surface area (Å²) >= 11 is 1.43. The molecule has 2 aromatic carbocycles. The van der Waals surface area contributed by atoms with Gasteiger partial charge in [-0.2, -0.15) is 0 Å². The Labute approximate surface area is 175 Å². The Kier molecular flexibility index (Phi) is 7.84. The van der Waals surface area contributed by atoms with Crippen molar-refractivity contribution < 1.29 is 14.4 Å². The largest absolute Gasteiger partial charge is 0.370 e. The highest BCUT2D eigenvalue weighted by Gasteiger charge is 2.15. The van der Waals surface area contributed by atoms with Gasteiger partial charge in [0.2, 0.25) is 11.8 Å². The fourth-order valence-electron chi connectivity index (χ4n) is 2.57. The van der Waals surface area contributed by atoms with Crippen molar-refractivity contribution >= 4 is 35.2 Å². The number of nitrogens with two attached hydrogens (primary N) is 1. The van der Waals surface area contributed by atoms with Gasteiger partial charge in [-0.15, -0.1) is 11.8 Å². The minimum atomic E-state index is -0.487. The highest BCUT2D eigenvalue weighted by atomic mass is 32.2. The second kappa shape index (κ2) is 10.1. The van der Waals surface area contributed by atoms with Gasteiger partial charge in [-0.25, -0.2) is 0 Å². The maximum Gasteiger partial charge on any atom is 0.253 e.